The minimum absolute atomic E-state index is 0.148. The molecule has 1 amide bonds. The molecule has 1 rings (SSSR count). The van der Waals surface area contributed by atoms with Gasteiger partial charge in [0.05, 0.1) is 11.3 Å². The number of ether oxygens (including phenoxy) is 1. The average Bonchev–Trinajstić information content (AvgIpc) is 2.26. The van der Waals surface area contributed by atoms with Crippen LogP contribution in [0.2, 0.25) is 0 Å². The minimum atomic E-state index is -0.660. The first-order valence-corrected chi connectivity index (χ1v) is 5.46. The highest BCUT2D eigenvalue weighted by Crippen LogP contribution is 2.17. The molecular formula is C13H15FN2O2. The van der Waals surface area contributed by atoms with Crippen LogP contribution in [0.4, 0.5) is 10.1 Å². The molecule has 0 saturated carbocycles. The molecule has 0 spiro atoms. The van der Waals surface area contributed by atoms with Crippen LogP contribution in [0.15, 0.2) is 18.2 Å². The molecule has 0 unspecified atom stereocenters. The molecule has 0 aliphatic rings. The van der Waals surface area contributed by atoms with Crippen LogP contribution in [-0.4, -0.2) is 18.1 Å². The molecule has 1 aromatic rings. The summed E-state index contributed by atoms with van der Waals surface area (Å²) in [5.74, 6) is -1.08. The number of amides is 1. The molecule has 0 aliphatic carbocycles. The number of nitrogens with zero attached hydrogens (tertiary/aromatic N) is 1. The maximum atomic E-state index is 13.3. The summed E-state index contributed by atoms with van der Waals surface area (Å²) >= 11 is 0. The number of halogens is 1. The van der Waals surface area contributed by atoms with E-state index in [1.54, 1.807) is 6.07 Å². The minimum Gasteiger partial charge on any atom is -0.366 e. The van der Waals surface area contributed by atoms with Crippen LogP contribution in [0.5, 0.6) is 0 Å². The zero-order chi connectivity index (χ0) is 13.8. The van der Waals surface area contributed by atoms with Crippen molar-refractivity contribution in [2.45, 2.75) is 26.4 Å². The highest BCUT2D eigenvalue weighted by molar-refractivity contribution is 5.93. The molecule has 1 N–H and O–H groups in total. The number of hydrogen-bond acceptors (Lipinski definition) is 3. The van der Waals surface area contributed by atoms with Crippen LogP contribution < -0.4 is 5.32 Å². The largest absolute Gasteiger partial charge is 0.366 e. The van der Waals surface area contributed by atoms with Gasteiger partial charge in [0.25, 0.3) is 0 Å². The third-order valence-electron chi connectivity index (χ3n) is 2.04. The second-order valence-electron chi connectivity index (χ2n) is 4.72. The van der Waals surface area contributed by atoms with E-state index >= 15 is 0 Å². The number of rotatable bonds is 3. The van der Waals surface area contributed by atoms with Gasteiger partial charge in [-0.05, 0) is 32.9 Å². The molecule has 4 nitrogen and oxygen atoms in total. The van der Waals surface area contributed by atoms with Crippen molar-refractivity contribution in [3.8, 4) is 6.07 Å². The number of nitrogens with one attached hydrogen (secondary N) is 1. The normalized spacial score (nSPS) is 10.8. The van der Waals surface area contributed by atoms with Gasteiger partial charge in [-0.25, -0.2) is 4.39 Å². The maximum absolute atomic E-state index is 13.3. The van der Waals surface area contributed by atoms with Crippen LogP contribution in [0.1, 0.15) is 26.3 Å². The second-order valence-corrected chi connectivity index (χ2v) is 4.72. The predicted molar refractivity (Wildman–Crippen MR) is 65.4 cm³/mol. The van der Waals surface area contributed by atoms with Gasteiger partial charge in [0, 0.05) is 0 Å². The van der Waals surface area contributed by atoms with Gasteiger partial charge in [0.1, 0.15) is 24.1 Å². The topological polar surface area (TPSA) is 62.1 Å². The second kappa shape index (κ2) is 5.61. The number of carbonyl (C=O) groups is 1. The molecule has 0 fully saturated rings. The molecule has 0 bridgehead atoms. The Bertz CT molecular complexity index is 487. The van der Waals surface area contributed by atoms with E-state index in [1.165, 1.54) is 18.2 Å². The van der Waals surface area contributed by atoms with Crippen molar-refractivity contribution < 1.29 is 13.9 Å². The van der Waals surface area contributed by atoms with Crippen molar-refractivity contribution in [1.29, 1.82) is 5.26 Å². The highest BCUT2D eigenvalue weighted by atomic mass is 19.1. The van der Waals surface area contributed by atoms with Gasteiger partial charge >= 0.3 is 0 Å². The van der Waals surface area contributed by atoms with Gasteiger partial charge in [-0.15, -0.1) is 0 Å². The van der Waals surface area contributed by atoms with Crippen LogP contribution >= 0.6 is 0 Å². The highest BCUT2D eigenvalue weighted by Gasteiger charge is 2.15. The Labute approximate surface area is 105 Å². The quantitative estimate of drug-likeness (QED) is 0.896. The van der Waals surface area contributed by atoms with Gasteiger partial charge in [-0.3, -0.25) is 4.79 Å². The van der Waals surface area contributed by atoms with Crippen molar-refractivity contribution in [2.24, 2.45) is 0 Å². The van der Waals surface area contributed by atoms with E-state index in [0.29, 0.717) is 0 Å². The summed E-state index contributed by atoms with van der Waals surface area (Å²) in [6, 6.07) is 5.77. The van der Waals surface area contributed by atoms with Gasteiger partial charge in [-0.1, -0.05) is 6.07 Å². The first-order valence-electron chi connectivity index (χ1n) is 5.46. The Hall–Kier alpha value is -1.93. The molecule has 0 aliphatic heterocycles. The Morgan fingerprint density at radius 3 is 2.72 bits per heavy atom. The number of benzene rings is 1. The van der Waals surface area contributed by atoms with E-state index < -0.39 is 17.3 Å². The number of anilines is 1. The summed E-state index contributed by atoms with van der Waals surface area (Å²) in [5.41, 5.74) is -0.459. The zero-order valence-electron chi connectivity index (χ0n) is 10.6. The fourth-order valence-corrected chi connectivity index (χ4v) is 1.21. The fraction of sp³-hybridized carbons (Fsp3) is 0.385. The lowest BCUT2D eigenvalue weighted by Crippen LogP contribution is -2.27. The first-order chi connectivity index (χ1) is 8.33. The fourth-order valence-electron chi connectivity index (χ4n) is 1.21. The third kappa shape index (κ3) is 4.15. The predicted octanol–water partition coefficient (Wildman–Crippen LogP) is 2.45. The first kappa shape index (κ1) is 14.1. The molecular weight excluding hydrogens is 235 g/mol. The Morgan fingerprint density at radius 2 is 2.17 bits per heavy atom. The summed E-state index contributed by atoms with van der Waals surface area (Å²) in [6.07, 6.45) is 0. The lowest BCUT2D eigenvalue weighted by atomic mass is 10.2. The summed E-state index contributed by atoms with van der Waals surface area (Å²) < 4.78 is 18.5. The molecule has 0 aromatic heterocycles. The van der Waals surface area contributed by atoms with Gasteiger partial charge in [-0.2, -0.15) is 5.26 Å². The monoisotopic (exact) mass is 250 g/mol. The standard InChI is InChI=1S/C13H15FN2O2/c1-13(2,3)18-8-12(17)16-11-6-4-5-10(14)9(11)7-15/h4-6H,8H2,1-3H3,(H,16,17). The lowest BCUT2D eigenvalue weighted by molar-refractivity contribution is -0.125. The molecule has 0 heterocycles. The van der Waals surface area contributed by atoms with Crippen molar-refractivity contribution in [2.75, 3.05) is 11.9 Å². The van der Waals surface area contributed by atoms with Gasteiger partial charge in [0.2, 0.25) is 5.91 Å². The lowest BCUT2D eigenvalue weighted by Gasteiger charge is -2.19. The van der Waals surface area contributed by atoms with E-state index in [9.17, 15) is 9.18 Å². The van der Waals surface area contributed by atoms with Crippen LogP contribution in [0, 0.1) is 17.1 Å². The molecule has 0 radical (unpaired) electrons. The Kier molecular flexibility index (Phi) is 4.40. The number of hydrogen-bond donors (Lipinski definition) is 1. The van der Waals surface area contributed by atoms with E-state index in [4.69, 9.17) is 10.00 Å². The van der Waals surface area contributed by atoms with E-state index in [2.05, 4.69) is 5.32 Å². The molecule has 0 saturated heterocycles. The van der Waals surface area contributed by atoms with Crippen LogP contribution in [0.25, 0.3) is 0 Å². The Balaban J connectivity index is 2.72. The smallest absolute Gasteiger partial charge is 0.250 e. The number of carbonyl (C=O) groups excluding carboxylic acids is 1. The summed E-state index contributed by atoms with van der Waals surface area (Å²) in [5, 5.41) is 11.2. The molecule has 1 aromatic carbocycles. The van der Waals surface area contributed by atoms with E-state index in [-0.39, 0.29) is 17.9 Å². The molecule has 18 heavy (non-hydrogen) atoms. The maximum Gasteiger partial charge on any atom is 0.250 e. The van der Waals surface area contributed by atoms with Gasteiger partial charge in [0.15, 0.2) is 0 Å². The zero-order valence-corrected chi connectivity index (χ0v) is 10.6. The average molecular weight is 250 g/mol. The van der Waals surface area contributed by atoms with E-state index in [0.717, 1.165) is 0 Å². The summed E-state index contributed by atoms with van der Waals surface area (Å²) in [7, 11) is 0. The van der Waals surface area contributed by atoms with Crippen LogP contribution in [0.3, 0.4) is 0 Å². The van der Waals surface area contributed by atoms with Crippen molar-refractivity contribution in [1.82, 2.24) is 0 Å². The summed E-state index contributed by atoms with van der Waals surface area (Å²) in [6.45, 7) is 5.32. The van der Waals surface area contributed by atoms with Crippen molar-refractivity contribution in [3.63, 3.8) is 0 Å². The Morgan fingerprint density at radius 1 is 1.50 bits per heavy atom. The third-order valence-corrected chi connectivity index (χ3v) is 2.04. The van der Waals surface area contributed by atoms with Crippen molar-refractivity contribution in [3.05, 3.63) is 29.6 Å². The van der Waals surface area contributed by atoms with Gasteiger partial charge < -0.3 is 10.1 Å². The van der Waals surface area contributed by atoms with E-state index in [1.807, 2.05) is 20.8 Å². The molecule has 0 atom stereocenters. The molecule has 5 heteroatoms. The van der Waals surface area contributed by atoms with Crippen LogP contribution in [-0.2, 0) is 9.53 Å². The number of nitriles is 1. The summed E-state index contributed by atoms with van der Waals surface area (Å²) in [4.78, 5) is 11.6. The SMILES string of the molecule is CC(C)(C)OCC(=O)Nc1cccc(F)c1C#N. The van der Waals surface area contributed by atoms with Crippen molar-refractivity contribution >= 4 is 11.6 Å². The molecule has 96 valence electrons.